The summed E-state index contributed by atoms with van der Waals surface area (Å²) >= 11 is 0. The van der Waals surface area contributed by atoms with Gasteiger partial charge >= 0.3 is 0 Å². The van der Waals surface area contributed by atoms with Crippen molar-refractivity contribution in [2.24, 2.45) is 11.6 Å². The third-order valence-electron chi connectivity index (χ3n) is 1.72. The molecule has 0 aliphatic rings. The summed E-state index contributed by atoms with van der Waals surface area (Å²) in [5.74, 6) is 5.64. The van der Waals surface area contributed by atoms with E-state index in [0.29, 0.717) is 6.54 Å². The van der Waals surface area contributed by atoms with E-state index in [2.05, 4.69) is 6.92 Å². The van der Waals surface area contributed by atoms with Gasteiger partial charge in [-0.3, -0.25) is 5.84 Å². The van der Waals surface area contributed by atoms with Gasteiger partial charge in [0.15, 0.2) is 0 Å². The minimum absolute atomic E-state index is 0.251. The molecule has 0 atom stereocenters. The highest BCUT2D eigenvalue weighted by Crippen LogP contribution is 1.92. The molecule has 0 radical (unpaired) electrons. The van der Waals surface area contributed by atoms with Crippen molar-refractivity contribution < 1.29 is 0 Å². The Morgan fingerprint density at radius 3 is 2.64 bits per heavy atom. The van der Waals surface area contributed by atoms with Gasteiger partial charge in [-0.2, -0.15) is 0 Å². The van der Waals surface area contributed by atoms with Crippen LogP contribution in [0.15, 0.2) is 0 Å². The summed E-state index contributed by atoms with van der Waals surface area (Å²) in [5, 5.41) is 1.82. The Morgan fingerprint density at radius 2 is 2.09 bits per heavy atom. The Kier molecular flexibility index (Phi) is 8.27. The number of hydrogen-bond donors (Lipinski definition) is 2. The predicted octanol–water partition coefficient (Wildman–Crippen LogP) is -0.464. The summed E-state index contributed by atoms with van der Waals surface area (Å²) in [6, 6.07) is 2.84. The van der Waals surface area contributed by atoms with E-state index >= 15 is 0 Å². The van der Waals surface area contributed by atoms with Crippen molar-refractivity contribution in [3.8, 4) is 0 Å². The van der Waals surface area contributed by atoms with Gasteiger partial charge < -0.3 is 5.73 Å². The van der Waals surface area contributed by atoms with Gasteiger partial charge in [0.1, 0.15) is 0 Å². The quantitative estimate of drug-likeness (QED) is 0.238. The smallest absolute Gasteiger partial charge is 0.0251 e. The molecule has 0 bridgehead atoms. The van der Waals surface area contributed by atoms with Crippen molar-refractivity contribution >= 4 is 9.52 Å². The third kappa shape index (κ3) is 8.00. The van der Waals surface area contributed by atoms with E-state index in [1.165, 1.54) is 18.5 Å². The molecule has 0 aromatic heterocycles. The molecule has 0 saturated carbocycles. The number of hydrogen-bond acceptors (Lipinski definition) is 3. The van der Waals surface area contributed by atoms with Crippen LogP contribution in [0.4, 0.5) is 0 Å². The molecule has 4 N–H and O–H groups in total. The van der Waals surface area contributed by atoms with Crippen molar-refractivity contribution in [2.75, 3.05) is 19.6 Å². The lowest BCUT2D eigenvalue weighted by molar-refractivity contribution is 0.292. The van der Waals surface area contributed by atoms with Gasteiger partial charge in [-0.05, 0) is 6.42 Å². The predicted molar refractivity (Wildman–Crippen MR) is 53.3 cm³/mol. The van der Waals surface area contributed by atoms with Gasteiger partial charge in [-0.15, -0.1) is 0 Å². The number of rotatable bonds is 7. The van der Waals surface area contributed by atoms with Crippen LogP contribution < -0.4 is 11.6 Å². The largest absolute Gasteiger partial charge is 0.329 e. The standard InChI is InChI=1S/C7H21N3Si/c1-2-11-7-3-5-10(9)6-4-8/h2-9,11H2,1H3. The van der Waals surface area contributed by atoms with Crippen molar-refractivity contribution in [3.05, 3.63) is 0 Å². The molecule has 0 rings (SSSR count). The summed E-state index contributed by atoms with van der Waals surface area (Å²) in [7, 11) is 0.251. The first-order chi connectivity index (χ1) is 5.31. The Bertz CT molecular complexity index is 80.1. The van der Waals surface area contributed by atoms with Crippen LogP contribution in [-0.4, -0.2) is 34.2 Å². The van der Waals surface area contributed by atoms with Crippen molar-refractivity contribution in [1.82, 2.24) is 5.01 Å². The van der Waals surface area contributed by atoms with Gasteiger partial charge in [0.05, 0.1) is 0 Å². The molecule has 0 aliphatic heterocycles. The first-order valence-corrected chi connectivity index (χ1v) is 6.51. The van der Waals surface area contributed by atoms with Gasteiger partial charge in [0.2, 0.25) is 0 Å². The number of nitrogens with two attached hydrogens (primary N) is 2. The molecule has 0 amide bonds. The zero-order valence-electron chi connectivity index (χ0n) is 7.55. The van der Waals surface area contributed by atoms with E-state index in [9.17, 15) is 0 Å². The Morgan fingerprint density at radius 1 is 1.36 bits per heavy atom. The molecule has 0 aromatic rings. The van der Waals surface area contributed by atoms with E-state index in [1.807, 2.05) is 5.01 Å². The third-order valence-corrected chi connectivity index (χ3v) is 3.42. The normalized spacial score (nSPS) is 12.0. The van der Waals surface area contributed by atoms with Crippen LogP contribution in [0.1, 0.15) is 13.3 Å². The van der Waals surface area contributed by atoms with Crippen LogP contribution in [0, 0.1) is 0 Å². The van der Waals surface area contributed by atoms with Crippen LogP contribution >= 0.6 is 0 Å². The number of hydrazine groups is 1. The Balaban J connectivity index is 2.97. The molecule has 0 aromatic carbocycles. The van der Waals surface area contributed by atoms with Crippen molar-refractivity contribution in [1.29, 1.82) is 0 Å². The van der Waals surface area contributed by atoms with E-state index in [1.54, 1.807) is 0 Å². The molecule has 0 aliphatic carbocycles. The van der Waals surface area contributed by atoms with Gasteiger partial charge in [0, 0.05) is 29.2 Å². The molecule has 68 valence electrons. The molecule has 0 unspecified atom stereocenters. The summed E-state index contributed by atoms with van der Waals surface area (Å²) in [5.41, 5.74) is 5.35. The zero-order valence-corrected chi connectivity index (χ0v) is 8.97. The number of nitrogens with zero attached hydrogens (tertiary/aromatic N) is 1. The van der Waals surface area contributed by atoms with Gasteiger partial charge in [-0.25, -0.2) is 5.01 Å². The molecule has 3 nitrogen and oxygen atoms in total. The van der Waals surface area contributed by atoms with Gasteiger partial charge in [-0.1, -0.05) is 19.0 Å². The maximum absolute atomic E-state index is 5.64. The van der Waals surface area contributed by atoms with Crippen LogP contribution in [0.3, 0.4) is 0 Å². The van der Waals surface area contributed by atoms with E-state index < -0.39 is 0 Å². The maximum Gasteiger partial charge on any atom is 0.0251 e. The van der Waals surface area contributed by atoms with E-state index in [4.69, 9.17) is 11.6 Å². The Labute approximate surface area is 71.9 Å². The summed E-state index contributed by atoms with van der Waals surface area (Å²) in [4.78, 5) is 0. The minimum Gasteiger partial charge on any atom is -0.329 e. The Hall–Kier alpha value is 0.0969. The second-order valence-electron chi connectivity index (χ2n) is 2.89. The summed E-state index contributed by atoms with van der Waals surface area (Å²) in [6.07, 6.45) is 1.26. The lowest BCUT2D eigenvalue weighted by atomic mass is 10.4. The SMILES string of the molecule is CC[SiH2]CCCN(N)CCN. The molecular weight excluding hydrogens is 154 g/mol. The highest BCUT2D eigenvalue weighted by molar-refractivity contribution is 6.35. The topological polar surface area (TPSA) is 55.3 Å². The second-order valence-corrected chi connectivity index (χ2v) is 5.30. The highest BCUT2D eigenvalue weighted by atomic mass is 28.2. The van der Waals surface area contributed by atoms with Crippen LogP contribution in [-0.2, 0) is 0 Å². The van der Waals surface area contributed by atoms with Crippen LogP contribution in [0.25, 0.3) is 0 Å². The molecule has 0 fully saturated rings. The fourth-order valence-electron chi connectivity index (χ4n) is 1.02. The average molecular weight is 175 g/mol. The van der Waals surface area contributed by atoms with Crippen molar-refractivity contribution in [2.45, 2.75) is 25.4 Å². The van der Waals surface area contributed by atoms with Crippen molar-refractivity contribution in [3.63, 3.8) is 0 Å². The molecule has 11 heavy (non-hydrogen) atoms. The monoisotopic (exact) mass is 175 g/mol. The average Bonchev–Trinajstić information content (AvgIpc) is 1.99. The fourth-order valence-corrected chi connectivity index (χ4v) is 2.10. The lowest BCUT2D eigenvalue weighted by Crippen LogP contribution is -2.36. The fraction of sp³-hybridized carbons (Fsp3) is 1.00. The maximum atomic E-state index is 5.64. The lowest BCUT2D eigenvalue weighted by Gasteiger charge is -2.13. The molecule has 0 spiro atoms. The van der Waals surface area contributed by atoms with E-state index in [-0.39, 0.29) is 9.52 Å². The molecular formula is C7H21N3Si. The second kappa shape index (κ2) is 8.20. The summed E-state index contributed by atoms with van der Waals surface area (Å²) < 4.78 is 0. The highest BCUT2D eigenvalue weighted by Gasteiger charge is 1.95. The zero-order chi connectivity index (χ0) is 8.53. The summed E-state index contributed by atoms with van der Waals surface area (Å²) in [6.45, 7) is 4.78. The minimum atomic E-state index is 0.251. The van der Waals surface area contributed by atoms with Gasteiger partial charge in [0.25, 0.3) is 0 Å². The van der Waals surface area contributed by atoms with E-state index in [0.717, 1.165) is 13.1 Å². The van der Waals surface area contributed by atoms with Crippen LogP contribution in [0.2, 0.25) is 12.1 Å². The first kappa shape index (κ1) is 11.1. The molecule has 0 heterocycles. The molecule has 0 saturated heterocycles. The first-order valence-electron chi connectivity index (χ1n) is 4.51. The molecule has 4 heteroatoms. The van der Waals surface area contributed by atoms with Crippen LogP contribution in [0.5, 0.6) is 0 Å².